The number of fused-ring (bicyclic) bond motifs is 2. The van der Waals surface area contributed by atoms with Crippen LogP contribution >= 0.6 is 0 Å². The van der Waals surface area contributed by atoms with Crippen molar-refractivity contribution >= 4 is 38.5 Å². The molecule has 4 N–H and O–H groups in total. The number of H-pyrrole nitrogens is 1. The van der Waals surface area contributed by atoms with Crippen molar-refractivity contribution in [3.63, 3.8) is 0 Å². The summed E-state index contributed by atoms with van der Waals surface area (Å²) in [5.41, 5.74) is 7.56. The number of hydrogen-bond acceptors (Lipinski definition) is 8. The van der Waals surface area contributed by atoms with Gasteiger partial charge >= 0.3 is 6.36 Å². The lowest BCUT2D eigenvalue weighted by molar-refractivity contribution is -0.274. The molecule has 0 fully saturated rings. The number of aromatic amines is 1. The zero-order valence-electron chi connectivity index (χ0n) is 18.5. The lowest BCUT2D eigenvalue weighted by Gasteiger charge is -2.24. The first-order chi connectivity index (χ1) is 17.1. The molecule has 0 spiro atoms. The molecule has 0 amide bonds. The van der Waals surface area contributed by atoms with E-state index < -0.39 is 22.1 Å². The second-order valence-corrected chi connectivity index (χ2v) is 9.98. The van der Waals surface area contributed by atoms with Crippen LogP contribution < -0.4 is 20.1 Å². The van der Waals surface area contributed by atoms with E-state index in [1.807, 2.05) is 12.1 Å². The quantitative estimate of drug-likeness (QED) is 0.364. The Bertz CT molecular complexity index is 1510. The van der Waals surface area contributed by atoms with Gasteiger partial charge in [-0.3, -0.25) is 9.40 Å². The molecule has 188 valence electrons. The zero-order chi connectivity index (χ0) is 25.5. The number of benzene rings is 2. The molecule has 0 radical (unpaired) electrons. The van der Waals surface area contributed by atoms with Crippen LogP contribution in [0.2, 0.25) is 0 Å². The number of rotatable bonds is 5. The first-order valence-corrected chi connectivity index (χ1v) is 12.2. The topological polar surface area (TPSA) is 139 Å². The molecule has 1 unspecified atom stereocenters. The zero-order valence-corrected chi connectivity index (χ0v) is 19.3. The number of nitrogens with one attached hydrogen (secondary N) is 2. The second kappa shape index (κ2) is 8.86. The Hall–Kier alpha value is -4.07. The maximum Gasteiger partial charge on any atom is 0.573 e. The molecule has 5 rings (SSSR count). The average molecular weight is 520 g/mol. The minimum atomic E-state index is -4.87. The number of anilines is 3. The molecule has 0 bridgehead atoms. The molecule has 0 saturated heterocycles. The van der Waals surface area contributed by atoms with E-state index in [0.717, 1.165) is 29.8 Å². The third kappa shape index (κ3) is 4.71. The van der Waals surface area contributed by atoms with Crippen LogP contribution in [0.4, 0.5) is 30.6 Å². The Balaban J connectivity index is 1.44. The molecule has 1 atom stereocenters. The number of ether oxygens (including phenoxy) is 1. The highest BCUT2D eigenvalue weighted by molar-refractivity contribution is 7.92. The van der Waals surface area contributed by atoms with Crippen molar-refractivity contribution in [2.45, 2.75) is 30.1 Å². The molecular weight excluding hydrogens is 499 g/mol. The molecule has 1 aliphatic heterocycles. The van der Waals surface area contributed by atoms with Crippen LogP contribution in [0.1, 0.15) is 12.0 Å². The van der Waals surface area contributed by atoms with Crippen molar-refractivity contribution < 1.29 is 26.3 Å². The number of hydrogen-bond donors (Lipinski definition) is 3. The van der Waals surface area contributed by atoms with Crippen LogP contribution in [0.3, 0.4) is 0 Å². The van der Waals surface area contributed by atoms with Crippen molar-refractivity contribution in [2.75, 3.05) is 21.9 Å². The Morgan fingerprint density at radius 3 is 2.61 bits per heavy atom. The Morgan fingerprint density at radius 1 is 1.11 bits per heavy atom. The van der Waals surface area contributed by atoms with Crippen molar-refractivity contribution in [3.8, 4) is 5.75 Å². The van der Waals surface area contributed by atoms with Gasteiger partial charge in [-0.1, -0.05) is 18.2 Å². The lowest BCUT2D eigenvalue weighted by atomic mass is 10.0. The van der Waals surface area contributed by atoms with Gasteiger partial charge in [0.25, 0.3) is 10.0 Å². The number of nitrogens with two attached hydrogens (primary N) is 1. The summed E-state index contributed by atoms with van der Waals surface area (Å²) in [5, 5.41) is 10.7. The minimum absolute atomic E-state index is 0.0606. The minimum Gasteiger partial charge on any atom is -0.406 e. The van der Waals surface area contributed by atoms with Crippen molar-refractivity contribution in [3.05, 3.63) is 60.3 Å². The largest absolute Gasteiger partial charge is 0.573 e. The average Bonchev–Trinajstić information content (AvgIpc) is 3.19. The van der Waals surface area contributed by atoms with Crippen molar-refractivity contribution in [1.29, 1.82) is 0 Å². The molecule has 0 aliphatic carbocycles. The number of halogens is 3. The number of alkyl halides is 3. The highest BCUT2D eigenvalue weighted by Crippen LogP contribution is 2.33. The third-order valence-corrected chi connectivity index (χ3v) is 7.55. The summed E-state index contributed by atoms with van der Waals surface area (Å²) in [6.45, 7) is 0.118. The summed E-state index contributed by atoms with van der Waals surface area (Å²) in [7, 11) is -4.08. The van der Waals surface area contributed by atoms with E-state index in [0.29, 0.717) is 35.4 Å². The molecule has 0 saturated carbocycles. The lowest BCUT2D eigenvalue weighted by Crippen LogP contribution is -2.33. The van der Waals surface area contributed by atoms with Crippen molar-refractivity contribution in [1.82, 2.24) is 20.2 Å². The number of nitrogens with zero attached hydrogens (tertiary/aromatic N) is 4. The molecule has 10 nitrogen and oxygen atoms in total. The van der Waals surface area contributed by atoms with Gasteiger partial charge in [-0.05, 0) is 48.7 Å². The Morgan fingerprint density at radius 2 is 1.86 bits per heavy atom. The van der Waals surface area contributed by atoms with Crippen LogP contribution in [0, 0.1) is 0 Å². The third-order valence-electron chi connectivity index (χ3n) is 5.72. The van der Waals surface area contributed by atoms with Crippen LogP contribution in [0.25, 0.3) is 11.0 Å². The summed E-state index contributed by atoms with van der Waals surface area (Å²) >= 11 is 0. The number of sulfonamides is 1. The molecule has 2 aromatic carbocycles. The SMILES string of the molecule is Nc1nc(NC2CCN(S(=O)(=O)c3ccc(OC(F)(F)F)cc3)c3ccccc3C2)c2cn[nH]c2n1. The maximum absolute atomic E-state index is 13.5. The fraction of sp³-hybridized carbons (Fsp3) is 0.227. The standard InChI is InChI=1S/C22H20F3N7O3S/c23-22(24,25)35-15-5-7-16(8-6-15)36(33,34)32-10-9-14(11-13-3-1-2-4-18(13)32)28-19-17-12-27-31-20(17)30-21(26)29-19/h1-8,12,14H,9-11H2,(H4,26,27,28,29,30,31). The molecule has 36 heavy (non-hydrogen) atoms. The van der Waals surface area contributed by atoms with Gasteiger partial charge in [0, 0.05) is 12.6 Å². The van der Waals surface area contributed by atoms with Gasteiger partial charge in [-0.25, -0.2) is 8.42 Å². The van der Waals surface area contributed by atoms with Gasteiger partial charge in [0.05, 0.1) is 22.2 Å². The molecule has 2 aromatic heterocycles. The monoisotopic (exact) mass is 519 g/mol. The van der Waals surface area contributed by atoms with Crippen molar-refractivity contribution in [2.24, 2.45) is 0 Å². The molecule has 14 heteroatoms. The van der Waals surface area contributed by atoms with E-state index in [1.165, 1.54) is 4.31 Å². The van der Waals surface area contributed by atoms with Crippen LogP contribution in [0.5, 0.6) is 5.75 Å². The molecule has 1 aliphatic rings. The predicted octanol–water partition coefficient (Wildman–Crippen LogP) is 3.46. The van der Waals surface area contributed by atoms with E-state index in [1.54, 1.807) is 18.3 Å². The fourth-order valence-electron chi connectivity index (χ4n) is 4.16. The van der Waals surface area contributed by atoms with E-state index in [9.17, 15) is 21.6 Å². The summed E-state index contributed by atoms with van der Waals surface area (Å²) in [6.07, 6.45) is -2.40. The summed E-state index contributed by atoms with van der Waals surface area (Å²) < 4.78 is 69.7. The Kier molecular flexibility index (Phi) is 5.82. The fourth-order valence-corrected chi connectivity index (χ4v) is 5.67. The number of aromatic nitrogens is 4. The Labute approximate surface area is 203 Å². The van der Waals surface area contributed by atoms with Gasteiger partial charge < -0.3 is 15.8 Å². The predicted molar refractivity (Wildman–Crippen MR) is 126 cm³/mol. The summed E-state index contributed by atoms with van der Waals surface area (Å²) in [6, 6.07) is 11.0. The van der Waals surface area contributed by atoms with Crippen LogP contribution in [0.15, 0.2) is 59.6 Å². The van der Waals surface area contributed by atoms with E-state index in [-0.39, 0.29) is 23.4 Å². The van der Waals surface area contributed by atoms with Gasteiger partial charge in [0.15, 0.2) is 5.65 Å². The van der Waals surface area contributed by atoms with E-state index in [4.69, 9.17) is 5.73 Å². The normalized spacial score (nSPS) is 16.4. The molecule has 4 aromatic rings. The van der Waals surface area contributed by atoms with E-state index in [2.05, 4.69) is 30.2 Å². The second-order valence-electron chi connectivity index (χ2n) is 8.12. The van der Waals surface area contributed by atoms with Crippen LogP contribution in [-0.4, -0.2) is 47.5 Å². The first kappa shape index (κ1) is 23.7. The highest BCUT2D eigenvalue weighted by atomic mass is 32.2. The first-order valence-electron chi connectivity index (χ1n) is 10.8. The van der Waals surface area contributed by atoms with E-state index >= 15 is 0 Å². The molecule has 3 heterocycles. The van der Waals surface area contributed by atoms with Gasteiger partial charge in [0.1, 0.15) is 11.6 Å². The summed E-state index contributed by atoms with van der Waals surface area (Å²) in [5.74, 6) is 0.0346. The van der Waals surface area contributed by atoms with Crippen LogP contribution in [-0.2, 0) is 16.4 Å². The number of nitrogen functional groups attached to an aromatic ring is 1. The maximum atomic E-state index is 13.5. The molecular formula is C22H20F3N7O3S. The van der Waals surface area contributed by atoms with Gasteiger partial charge in [-0.15, -0.1) is 13.2 Å². The number of para-hydroxylation sites is 1. The highest BCUT2D eigenvalue weighted by Gasteiger charge is 2.33. The summed E-state index contributed by atoms with van der Waals surface area (Å²) in [4.78, 5) is 8.22. The smallest absolute Gasteiger partial charge is 0.406 e. The van der Waals surface area contributed by atoms with Gasteiger partial charge in [-0.2, -0.15) is 15.1 Å². The van der Waals surface area contributed by atoms with Gasteiger partial charge in [0.2, 0.25) is 5.95 Å².